The highest BCUT2D eigenvalue weighted by Crippen LogP contribution is 2.52. The molecular weight excluding hydrogens is 745 g/mol. The molecule has 0 aliphatic carbocycles. The maximum absolute atomic E-state index is 14.0. The zero-order valence-corrected chi connectivity index (χ0v) is 37.4. The Labute approximate surface area is 347 Å². The number of rotatable bonds is 39. The van der Waals surface area contributed by atoms with Crippen molar-refractivity contribution in [2.45, 2.75) is 192 Å². The second-order valence-electron chi connectivity index (χ2n) is 14.9. The molecular formula is C45H82NO10P. The summed E-state index contributed by atoms with van der Waals surface area (Å²) in [5.41, 5.74) is 0. The van der Waals surface area contributed by atoms with Crippen LogP contribution in [-0.4, -0.2) is 83.3 Å². The Bertz CT molecular complexity index is 1090. The number of unbranched alkanes of at least 4 members (excludes halogenated alkanes) is 15. The van der Waals surface area contributed by atoms with E-state index in [0.717, 1.165) is 51.4 Å². The number of phosphoric acid groups is 1. The molecule has 1 N–H and O–H groups in total. The molecule has 0 radical (unpaired) electrons. The fraction of sp³-hybridized carbons (Fsp3) is 0.800. The fourth-order valence-corrected chi connectivity index (χ4v) is 8.12. The highest BCUT2D eigenvalue weighted by atomic mass is 31.2. The minimum atomic E-state index is -4.20. The van der Waals surface area contributed by atoms with Gasteiger partial charge in [-0.3, -0.25) is 18.4 Å². The van der Waals surface area contributed by atoms with Crippen LogP contribution in [0.5, 0.6) is 0 Å². The Hall–Kier alpha value is -1.82. The van der Waals surface area contributed by atoms with E-state index < -0.39 is 38.5 Å². The van der Waals surface area contributed by atoms with E-state index in [0.29, 0.717) is 12.8 Å². The third-order valence-corrected chi connectivity index (χ3v) is 11.4. The number of carbonyl (C=O) groups is 1. The average Bonchev–Trinajstić information content (AvgIpc) is 3.21. The van der Waals surface area contributed by atoms with Gasteiger partial charge in [-0.1, -0.05) is 128 Å². The lowest BCUT2D eigenvalue weighted by atomic mass is 9.96. The van der Waals surface area contributed by atoms with Crippen molar-refractivity contribution < 1.29 is 46.6 Å². The van der Waals surface area contributed by atoms with Crippen molar-refractivity contribution in [1.82, 2.24) is 5.32 Å². The minimum absolute atomic E-state index is 0.0105. The molecule has 11 nitrogen and oxygen atoms in total. The highest BCUT2D eigenvalue weighted by Gasteiger charge is 2.52. The highest BCUT2D eigenvalue weighted by molar-refractivity contribution is 7.48. The van der Waals surface area contributed by atoms with Crippen LogP contribution in [0.3, 0.4) is 0 Å². The van der Waals surface area contributed by atoms with Gasteiger partial charge in [0.15, 0.2) is 0 Å². The second-order valence-corrected chi connectivity index (χ2v) is 16.5. The van der Waals surface area contributed by atoms with Gasteiger partial charge >= 0.3 is 7.82 Å². The Morgan fingerprint density at radius 3 is 1.95 bits per heavy atom. The number of amides is 1. The van der Waals surface area contributed by atoms with Crippen LogP contribution in [0, 0.1) is 0 Å². The van der Waals surface area contributed by atoms with Crippen LogP contribution in [0.25, 0.3) is 0 Å². The molecule has 0 aromatic heterocycles. The molecule has 12 heteroatoms. The van der Waals surface area contributed by atoms with Crippen LogP contribution in [-0.2, 0) is 46.6 Å². The lowest BCUT2D eigenvalue weighted by Crippen LogP contribution is -2.66. The Morgan fingerprint density at radius 1 is 0.789 bits per heavy atom. The molecule has 1 rings (SSSR count). The summed E-state index contributed by atoms with van der Waals surface area (Å²) in [5, 5.41) is 3.14. The van der Waals surface area contributed by atoms with Gasteiger partial charge in [-0.2, -0.15) is 0 Å². The first-order chi connectivity index (χ1) is 27.8. The van der Waals surface area contributed by atoms with Crippen molar-refractivity contribution in [3.8, 4) is 0 Å². The van der Waals surface area contributed by atoms with Gasteiger partial charge < -0.3 is 29.0 Å². The van der Waals surface area contributed by atoms with Crippen molar-refractivity contribution in [3.05, 3.63) is 49.8 Å². The van der Waals surface area contributed by atoms with E-state index in [1.807, 2.05) is 6.92 Å². The SMILES string of the molecule is C=CCOP(=O)(OCC=C)O[C@H]1[C@H](OCC[C@@H](CCCCCCC)OC)[C@@H](NC(=O)CCCCCCCCC/C=C\CCCCCC)[C@H](O/C=C\C)O[C@@H]1COC. The molecule has 0 bridgehead atoms. The van der Waals surface area contributed by atoms with Crippen molar-refractivity contribution in [2.24, 2.45) is 0 Å². The Balaban J connectivity index is 3.04. The van der Waals surface area contributed by atoms with Gasteiger partial charge in [0.05, 0.1) is 32.2 Å². The van der Waals surface area contributed by atoms with Crippen LogP contribution >= 0.6 is 7.82 Å². The van der Waals surface area contributed by atoms with Crippen molar-refractivity contribution in [1.29, 1.82) is 0 Å². The number of hydrogen-bond acceptors (Lipinski definition) is 10. The van der Waals surface area contributed by atoms with Crippen molar-refractivity contribution >= 4 is 13.7 Å². The summed E-state index contributed by atoms with van der Waals surface area (Å²) in [7, 11) is -0.950. The van der Waals surface area contributed by atoms with Gasteiger partial charge in [0.2, 0.25) is 12.2 Å². The van der Waals surface area contributed by atoms with Crippen molar-refractivity contribution in [3.63, 3.8) is 0 Å². The molecule has 332 valence electrons. The summed E-state index contributed by atoms with van der Waals surface area (Å²) < 4.78 is 61.8. The summed E-state index contributed by atoms with van der Waals surface area (Å²) in [6.07, 6.45) is 30.1. The van der Waals surface area contributed by atoms with Crippen LogP contribution in [0.4, 0.5) is 0 Å². The zero-order valence-electron chi connectivity index (χ0n) is 36.5. The average molecular weight is 828 g/mol. The van der Waals surface area contributed by atoms with Crippen LogP contribution < -0.4 is 5.32 Å². The van der Waals surface area contributed by atoms with Gasteiger partial charge in [-0.05, 0) is 51.9 Å². The summed E-state index contributed by atoms with van der Waals surface area (Å²) in [6, 6.07) is -0.834. The Kier molecular flexibility index (Phi) is 33.7. The molecule has 57 heavy (non-hydrogen) atoms. The molecule has 0 aromatic carbocycles. The largest absolute Gasteiger partial charge is 0.475 e. The lowest BCUT2D eigenvalue weighted by molar-refractivity contribution is -0.262. The van der Waals surface area contributed by atoms with Gasteiger partial charge in [-0.25, -0.2) is 4.57 Å². The third kappa shape index (κ3) is 25.4. The van der Waals surface area contributed by atoms with Gasteiger partial charge in [0.1, 0.15) is 24.4 Å². The molecule has 0 aromatic rings. The van der Waals surface area contributed by atoms with E-state index >= 15 is 0 Å². The number of carbonyl (C=O) groups excluding carboxylic acids is 1. The maximum Gasteiger partial charge on any atom is 0.475 e. The number of hydrogen-bond donors (Lipinski definition) is 1. The second kappa shape index (κ2) is 36.1. The summed E-state index contributed by atoms with van der Waals surface area (Å²) >= 11 is 0. The number of allylic oxidation sites excluding steroid dienone is 3. The zero-order chi connectivity index (χ0) is 41.8. The number of nitrogens with one attached hydrogen (secondary N) is 1. The first kappa shape index (κ1) is 53.2. The molecule has 0 saturated carbocycles. The van der Waals surface area contributed by atoms with E-state index in [2.05, 4.69) is 44.5 Å². The third-order valence-electron chi connectivity index (χ3n) is 9.98. The van der Waals surface area contributed by atoms with Crippen LogP contribution in [0.2, 0.25) is 0 Å². The minimum Gasteiger partial charge on any atom is -0.471 e. The number of phosphoric ester groups is 1. The molecule has 0 spiro atoms. The van der Waals surface area contributed by atoms with E-state index in [-0.39, 0.29) is 38.4 Å². The molecule has 1 aliphatic heterocycles. The monoisotopic (exact) mass is 828 g/mol. The predicted molar refractivity (Wildman–Crippen MR) is 231 cm³/mol. The number of ether oxygens (including phenoxy) is 5. The summed E-state index contributed by atoms with van der Waals surface area (Å²) in [5.74, 6) is -0.160. The predicted octanol–water partition coefficient (Wildman–Crippen LogP) is 11.5. The van der Waals surface area contributed by atoms with E-state index in [9.17, 15) is 9.36 Å². The van der Waals surface area contributed by atoms with Gasteiger partial charge in [-0.15, -0.1) is 13.2 Å². The Morgan fingerprint density at radius 2 is 1.37 bits per heavy atom. The number of methoxy groups -OCH3 is 2. The topological polar surface area (TPSA) is 120 Å². The molecule has 1 fully saturated rings. The molecule has 1 saturated heterocycles. The standard InChI is InChI=1S/C45H82NO10P/c1-8-13-15-17-18-19-20-21-22-23-24-25-26-28-30-32-41(47)46-42-44(51-37-33-39(50-7)31-29-27-16-14-9-2)43(40(38-49-6)55-45(42)52-34-10-3)56-57(48,53-35-11-4)54-36-12-5/h10-12,19-20,34,39-40,42-45H,4-5,8-9,13-18,21-33,35-38H2,1-3,6-7H3,(H,46,47)/b20-19-,34-10-/t39-,40-,42-,43-,44-,45-/m1/s1. The summed E-state index contributed by atoms with van der Waals surface area (Å²) in [6.45, 7) is 13.8. The molecule has 1 aliphatic rings. The van der Waals surface area contributed by atoms with Gasteiger partial charge in [0.25, 0.3) is 0 Å². The smallest absolute Gasteiger partial charge is 0.471 e. The van der Waals surface area contributed by atoms with Crippen LogP contribution in [0.15, 0.2) is 49.8 Å². The van der Waals surface area contributed by atoms with Crippen LogP contribution in [0.1, 0.15) is 156 Å². The molecule has 1 amide bonds. The van der Waals surface area contributed by atoms with E-state index in [4.69, 9.17) is 37.3 Å². The molecule has 6 atom stereocenters. The van der Waals surface area contributed by atoms with E-state index in [1.54, 1.807) is 13.2 Å². The first-order valence-corrected chi connectivity index (χ1v) is 23.6. The fourth-order valence-electron chi connectivity index (χ4n) is 6.79. The normalized spacial score (nSPS) is 20.6. The quantitative estimate of drug-likeness (QED) is 0.0277. The van der Waals surface area contributed by atoms with Crippen molar-refractivity contribution in [2.75, 3.05) is 40.6 Å². The molecule has 0 unspecified atom stereocenters. The first-order valence-electron chi connectivity index (χ1n) is 22.1. The van der Waals surface area contributed by atoms with E-state index in [1.165, 1.54) is 96.2 Å². The lowest BCUT2D eigenvalue weighted by Gasteiger charge is -2.46. The maximum atomic E-state index is 14.0. The van der Waals surface area contributed by atoms with Gasteiger partial charge in [0, 0.05) is 27.2 Å². The molecule has 1 heterocycles. The summed E-state index contributed by atoms with van der Waals surface area (Å²) in [4.78, 5) is 13.6.